The van der Waals surface area contributed by atoms with Crippen LogP contribution in [0.5, 0.6) is 0 Å². The van der Waals surface area contributed by atoms with Gasteiger partial charge in [-0.25, -0.2) is 0 Å². The normalized spacial score (nSPS) is 17.0. The van der Waals surface area contributed by atoms with E-state index in [4.69, 9.17) is 4.74 Å². The van der Waals surface area contributed by atoms with Gasteiger partial charge in [0.2, 0.25) is 0 Å². The molecule has 0 radical (unpaired) electrons. The predicted molar refractivity (Wildman–Crippen MR) is 41.5 cm³/mol. The lowest BCUT2D eigenvalue weighted by Crippen LogP contribution is -2.19. The number of allylic oxidation sites excluding steroid dienone is 1. The van der Waals surface area contributed by atoms with Gasteiger partial charge in [0.25, 0.3) is 0 Å². The molecule has 0 fully saturated rings. The number of hydrogen-bond acceptors (Lipinski definition) is 2. The molecule has 0 aromatic carbocycles. The molecule has 1 aliphatic heterocycles. The molecule has 2 heteroatoms. The predicted octanol–water partition coefficient (Wildman–Crippen LogP) is 1.37. The van der Waals surface area contributed by atoms with Gasteiger partial charge in [-0.1, -0.05) is 0 Å². The molecule has 0 bridgehead atoms. The van der Waals surface area contributed by atoms with Gasteiger partial charge in [0.05, 0.1) is 7.11 Å². The number of hydrogen-bond donors (Lipinski definition) is 0. The van der Waals surface area contributed by atoms with Crippen LogP contribution in [0.25, 0.3) is 0 Å². The number of rotatable bonds is 2. The van der Waals surface area contributed by atoms with Gasteiger partial charge in [-0.3, -0.25) is 0 Å². The molecule has 0 aromatic heterocycles. The van der Waals surface area contributed by atoms with Crippen LogP contribution in [0.2, 0.25) is 0 Å². The average molecular weight is 139 g/mol. The third-order valence-electron chi connectivity index (χ3n) is 1.62. The Labute approximate surface area is 61.8 Å². The average Bonchev–Trinajstić information content (AvgIpc) is 2.05. The molecule has 0 N–H and O–H groups in total. The third kappa shape index (κ3) is 1.53. The summed E-state index contributed by atoms with van der Waals surface area (Å²) in [6.45, 7) is 4.16. The molecule has 0 unspecified atom stereocenters. The van der Waals surface area contributed by atoms with Crippen molar-refractivity contribution in [3.05, 3.63) is 24.1 Å². The maximum Gasteiger partial charge on any atom is 0.118 e. The van der Waals surface area contributed by atoms with Crippen LogP contribution in [0.15, 0.2) is 24.1 Å². The van der Waals surface area contributed by atoms with E-state index >= 15 is 0 Å². The van der Waals surface area contributed by atoms with Gasteiger partial charge in [0, 0.05) is 19.3 Å². The van der Waals surface area contributed by atoms with Crippen LogP contribution in [0.1, 0.15) is 6.92 Å². The molecule has 0 saturated heterocycles. The van der Waals surface area contributed by atoms with E-state index in [0.29, 0.717) is 0 Å². The number of ether oxygens (including phenoxy) is 1. The minimum absolute atomic E-state index is 0.963. The Hall–Kier alpha value is -0.920. The van der Waals surface area contributed by atoms with Gasteiger partial charge < -0.3 is 9.64 Å². The fourth-order valence-corrected chi connectivity index (χ4v) is 0.901. The maximum atomic E-state index is 5.03. The summed E-state index contributed by atoms with van der Waals surface area (Å²) in [5.74, 6) is 0.963. The molecule has 2 nitrogen and oxygen atoms in total. The van der Waals surface area contributed by atoms with Crippen molar-refractivity contribution >= 4 is 0 Å². The van der Waals surface area contributed by atoms with E-state index in [1.807, 2.05) is 6.08 Å². The molecule has 0 aliphatic carbocycles. The molecular formula is C8H13NO. The second kappa shape index (κ2) is 3.30. The van der Waals surface area contributed by atoms with Crippen molar-refractivity contribution in [2.45, 2.75) is 6.92 Å². The molecule has 0 saturated carbocycles. The second-order valence-electron chi connectivity index (χ2n) is 2.21. The Bertz CT molecular complexity index is 161. The second-order valence-corrected chi connectivity index (χ2v) is 2.21. The van der Waals surface area contributed by atoms with E-state index in [0.717, 1.165) is 18.8 Å². The smallest absolute Gasteiger partial charge is 0.118 e. The number of methoxy groups -OCH3 is 1. The van der Waals surface area contributed by atoms with Gasteiger partial charge in [-0.2, -0.15) is 0 Å². The summed E-state index contributed by atoms with van der Waals surface area (Å²) in [6.07, 6.45) is 6.11. The fourth-order valence-electron chi connectivity index (χ4n) is 0.901. The van der Waals surface area contributed by atoms with Crippen LogP contribution in [0.3, 0.4) is 0 Å². The van der Waals surface area contributed by atoms with Gasteiger partial charge in [0.1, 0.15) is 5.76 Å². The van der Waals surface area contributed by atoms with Crippen molar-refractivity contribution in [3.63, 3.8) is 0 Å². The first-order chi connectivity index (χ1) is 4.86. The van der Waals surface area contributed by atoms with Gasteiger partial charge in [0.15, 0.2) is 0 Å². The van der Waals surface area contributed by atoms with Gasteiger partial charge in [-0.05, 0) is 19.1 Å². The Balaban J connectivity index is 2.46. The first-order valence-corrected chi connectivity index (χ1v) is 3.53. The molecule has 10 heavy (non-hydrogen) atoms. The third-order valence-corrected chi connectivity index (χ3v) is 1.62. The quantitative estimate of drug-likeness (QED) is 0.573. The van der Waals surface area contributed by atoms with E-state index < -0.39 is 0 Å². The van der Waals surface area contributed by atoms with Gasteiger partial charge in [-0.15, -0.1) is 0 Å². The highest BCUT2D eigenvalue weighted by atomic mass is 16.5. The lowest BCUT2D eigenvalue weighted by atomic mass is 10.3. The highest BCUT2D eigenvalue weighted by Crippen LogP contribution is 2.05. The van der Waals surface area contributed by atoms with Crippen LogP contribution in [-0.2, 0) is 4.74 Å². The monoisotopic (exact) mass is 139 g/mol. The largest absolute Gasteiger partial charge is 0.497 e. The van der Waals surface area contributed by atoms with Crippen molar-refractivity contribution < 1.29 is 4.74 Å². The Morgan fingerprint density at radius 3 is 2.90 bits per heavy atom. The zero-order valence-corrected chi connectivity index (χ0v) is 6.50. The standard InChI is InChI=1S/C8H13NO/c1-3-9-6-4-8(10-2)5-7-9/h4-6H,3,7H2,1-2H3. The lowest BCUT2D eigenvalue weighted by Gasteiger charge is -2.19. The molecule has 1 aliphatic rings. The van der Waals surface area contributed by atoms with E-state index in [9.17, 15) is 0 Å². The lowest BCUT2D eigenvalue weighted by molar-refractivity contribution is 0.294. The van der Waals surface area contributed by atoms with Crippen molar-refractivity contribution in [3.8, 4) is 0 Å². The number of nitrogens with zero attached hydrogens (tertiary/aromatic N) is 1. The molecule has 56 valence electrons. The van der Waals surface area contributed by atoms with E-state index in [1.54, 1.807) is 7.11 Å². The van der Waals surface area contributed by atoms with E-state index in [2.05, 4.69) is 24.1 Å². The highest BCUT2D eigenvalue weighted by Gasteiger charge is 2.00. The first kappa shape index (κ1) is 7.19. The Morgan fingerprint density at radius 2 is 2.50 bits per heavy atom. The van der Waals surface area contributed by atoms with Crippen LogP contribution in [0, 0.1) is 0 Å². The topological polar surface area (TPSA) is 12.5 Å². The summed E-state index contributed by atoms with van der Waals surface area (Å²) in [5.41, 5.74) is 0. The van der Waals surface area contributed by atoms with Crippen LogP contribution in [-0.4, -0.2) is 25.1 Å². The molecule has 1 rings (SSSR count). The first-order valence-electron chi connectivity index (χ1n) is 3.53. The van der Waals surface area contributed by atoms with Crippen molar-refractivity contribution in [1.29, 1.82) is 0 Å². The van der Waals surface area contributed by atoms with Crippen LogP contribution >= 0.6 is 0 Å². The molecule has 1 heterocycles. The zero-order chi connectivity index (χ0) is 7.40. The molecule has 0 spiro atoms. The summed E-state index contributed by atoms with van der Waals surface area (Å²) in [4.78, 5) is 2.21. The minimum atomic E-state index is 0.963. The summed E-state index contributed by atoms with van der Waals surface area (Å²) in [5, 5.41) is 0. The van der Waals surface area contributed by atoms with Crippen molar-refractivity contribution in [2.75, 3.05) is 20.2 Å². The van der Waals surface area contributed by atoms with E-state index in [1.165, 1.54) is 0 Å². The summed E-state index contributed by atoms with van der Waals surface area (Å²) in [7, 11) is 1.69. The fraction of sp³-hybridized carbons (Fsp3) is 0.500. The van der Waals surface area contributed by atoms with Gasteiger partial charge >= 0.3 is 0 Å². The van der Waals surface area contributed by atoms with Crippen LogP contribution in [0.4, 0.5) is 0 Å². The highest BCUT2D eigenvalue weighted by molar-refractivity contribution is 5.16. The zero-order valence-electron chi connectivity index (χ0n) is 6.50. The maximum absolute atomic E-state index is 5.03. The SMILES string of the molecule is CCN1C=CC(OC)=CC1. The molecule has 0 aromatic rings. The van der Waals surface area contributed by atoms with Crippen molar-refractivity contribution in [1.82, 2.24) is 4.90 Å². The van der Waals surface area contributed by atoms with Crippen molar-refractivity contribution in [2.24, 2.45) is 0 Å². The summed E-state index contributed by atoms with van der Waals surface area (Å²) in [6, 6.07) is 0. The molecule has 0 amide bonds. The summed E-state index contributed by atoms with van der Waals surface area (Å²) < 4.78 is 5.03. The minimum Gasteiger partial charge on any atom is -0.497 e. The molecular weight excluding hydrogens is 126 g/mol. The van der Waals surface area contributed by atoms with E-state index in [-0.39, 0.29) is 0 Å². The molecule has 0 atom stereocenters. The van der Waals surface area contributed by atoms with Crippen LogP contribution < -0.4 is 0 Å². The Morgan fingerprint density at radius 1 is 1.70 bits per heavy atom. The summed E-state index contributed by atoms with van der Waals surface area (Å²) >= 11 is 0. The Kier molecular flexibility index (Phi) is 2.37. The number of likely N-dealkylation sites (N-methyl/N-ethyl adjacent to an activating group) is 1.